The first kappa shape index (κ1) is 15.0. The van der Waals surface area contributed by atoms with E-state index in [9.17, 15) is 9.59 Å². The van der Waals surface area contributed by atoms with E-state index in [1.807, 2.05) is 13.8 Å². The lowest BCUT2D eigenvalue weighted by atomic mass is 9.75. The van der Waals surface area contributed by atoms with Crippen molar-refractivity contribution in [1.29, 1.82) is 0 Å². The molecule has 1 rings (SSSR count). The monoisotopic (exact) mass is 255 g/mol. The van der Waals surface area contributed by atoms with Gasteiger partial charge < -0.3 is 16.4 Å². The molecular weight excluding hydrogens is 230 g/mol. The summed E-state index contributed by atoms with van der Waals surface area (Å²) in [5, 5.41) is 5.37. The van der Waals surface area contributed by atoms with Gasteiger partial charge in [-0.15, -0.1) is 0 Å². The van der Waals surface area contributed by atoms with Gasteiger partial charge in [-0.3, -0.25) is 9.59 Å². The van der Waals surface area contributed by atoms with Crippen LogP contribution in [-0.2, 0) is 9.59 Å². The molecule has 0 aliphatic heterocycles. The topological polar surface area (TPSA) is 84.2 Å². The molecule has 2 amide bonds. The van der Waals surface area contributed by atoms with Crippen molar-refractivity contribution in [3.8, 4) is 0 Å². The van der Waals surface area contributed by atoms with Crippen LogP contribution < -0.4 is 16.4 Å². The number of hydrogen-bond donors (Lipinski definition) is 3. The van der Waals surface area contributed by atoms with Gasteiger partial charge in [0.25, 0.3) is 0 Å². The Hall–Kier alpha value is -1.10. The Morgan fingerprint density at radius 3 is 2.33 bits per heavy atom. The molecule has 1 aliphatic rings. The maximum absolute atomic E-state index is 11.9. The fraction of sp³-hybridized carbons (Fsp3) is 0.846. The lowest BCUT2D eigenvalue weighted by Crippen LogP contribution is -2.53. The van der Waals surface area contributed by atoms with Gasteiger partial charge in [0.1, 0.15) is 6.04 Å². The van der Waals surface area contributed by atoms with Crippen LogP contribution in [0.4, 0.5) is 0 Å². The van der Waals surface area contributed by atoms with Gasteiger partial charge in [-0.25, -0.2) is 0 Å². The van der Waals surface area contributed by atoms with E-state index in [2.05, 4.69) is 10.6 Å². The molecule has 0 radical (unpaired) electrons. The Balaban J connectivity index is 2.48. The van der Waals surface area contributed by atoms with Gasteiger partial charge in [0.2, 0.25) is 11.8 Å². The fourth-order valence-corrected chi connectivity index (χ4v) is 2.25. The van der Waals surface area contributed by atoms with E-state index >= 15 is 0 Å². The van der Waals surface area contributed by atoms with Gasteiger partial charge >= 0.3 is 0 Å². The molecule has 104 valence electrons. The molecule has 1 unspecified atom stereocenters. The third-order valence-electron chi connectivity index (χ3n) is 3.47. The summed E-state index contributed by atoms with van der Waals surface area (Å²) in [5.74, 6) is 0.0892. The van der Waals surface area contributed by atoms with E-state index in [1.54, 1.807) is 7.05 Å². The Morgan fingerprint density at radius 1 is 1.33 bits per heavy atom. The van der Waals surface area contributed by atoms with E-state index in [0.29, 0.717) is 18.8 Å². The molecule has 0 spiro atoms. The van der Waals surface area contributed by atoms with Crippen LogP contribution in [0.5, 0.6) is 0 Å². The molecule has 4 N–H and O–H groups in total. The normalized spacial score (nSPS) is 18.9. The highest BCUT2D eigenvalue weighted by molar-refractivity contribution is 5.87. The Kier molecular flexibility index (Phi) is 5.14. The first-order chi connectivity index (χ1) is 8.36. The van der Waals surface area contributed by atoms with Crippen LogP contribution in [-0.4, -0.2) is 30.4 Å². The Bertz CT molecular complexity index is 311. The van der Waals surface area contributed by atoms with Crippen LogP contribution in [0.3, 0.4) is 0 Å². The van der Waals surface area contributed by atoms with E-state index < -0.39 is 6.04 Å². The molecule has 0 aromatic rings. The molecule has 1 fully saturated rings. The van der Waals surface area contributed by atoms with Crippen LogP contribution in [0.2, 0.25) is 0 Å². The van der Waals surface area contributed by atoms with Crippen molar-refractivity contribution in [2.75, 3.05) is 7.05 Å². The van der Waals surface area contributed by atoms with Gasteiger partial charge in [0.15, 0.2) is 0 Å². The smallest absolute Gasteiger partial charge is 0.242 e. The number of likely N-dealkylation sites (N-methyl/N-ethyl adjacent to an activating group) is 1. The number of hydrogen-bond acceptors (Lipinski definition) is 3. The number of amides is 2. The summed E-state index contributed by atoms with van der Waals surface area (Å²) in [6, 6.07) is -0.453. The third-order valence-corrected chi connectivity index (χ3v) is 3.47. The molecule has 5 heteroatoms. The van der Waals surface area contributed by atoms with Crippen molar-refractivity contribution < 1.29 is 9.59 Å². The van der Waals surface area contributed by atoms with Gasteiger partial charge in [0.05, 0.1) is 0 Å². The van der Waals surface area contributed by atoms with Crippen LogP contribution in [0.1, 0.15) is 46.0 Å². The molecule has 0 aromatic heterocycles. The summed E-state index contributed by atoms with van der Waals surface area (Å²) in [5.41, 5.74) is 5.69. The summed E-state index contributed by atoms with van der Waals surface area (Å²) >= 11 is 0. The zero-order chi connectivity index (χ0) is 13.8. The average Bonchev–Trinajstić information content (AvgIpc) is 2.24. The highest BCUT2D eigenvalue weighted by Gasteiger charge is 2.35. The Labute approximate surface area is 109 Å². The maximum Gasteiger partial charge on any atom is 0.242 e. The van der Waals surface area contributed by atoms with Crippen LogP contribution in [0, 0.1) is 5.92 Å². The molecule has 5 nitrogen and oxygen atoms in total. The molecule has 1 aliphatic carbocycles. The largest absolute Gasteiger partial charge is 0.357 e. The van der Waals surface area contributed by atoms with Crippen LogP contribution in [0.15, 0.2) is 0 Å². The van der Waals surface area contributed by atoms with Crippen LogP contribution >= 0.6 is 0 Å². The zero-order valence-electron chi connectivity index (χ0n) is 11.6. The second-order valence-corrected chi connectivity index (χ2v) is 5.76. The minimum absolute atomic E-state index is 0.119. The molecule has 1 atom stereocenters. The highest BCUT2D eigenvalue weighted by Crippen LogP contribution is 2.31. The quantitative estimate of drug-likeness (QED) is 0.647. The number of nitrogens with two attached hydrogens (primary N) is 1. The van der Waals surface area contributed by atoms with Gasteiger partial charge in [-0.05, 0) is 31.6 Å². The molecule has 0 aromatic carbocycles. The van der Waals surface area contributed by atoms with Crippen molar-refractivity contribution in [1.82, 2.24) is 10.6 Å². The van der Waals surface area contributed by atoms with Crippen molar-refractivity contribution in [2.45, 2.75) is 57.5 Å². The second kappa shape index (κ2) is 6.18. The number of carbonyl (C=O) groups is 2. The highest BCUT2D eigenvalue weighted by atomic mass is 16.2. The second-order valence-electron chi connectivity index (χ2n) is 5.76. The zero-order valence-corrected chi connectivity index (χ0v) is 11.6. The number of rotatable bonds is 6. The first-order valence-electron chi connectivity index (χ1n) is 6.66. The maximum atomic E-state index is 11.9. The van der Waals surface area contributed by atoms with Crippen LogP contribution in [0.25, 0.3) is 0 Å². The minimum Gasteiger partial charge on any atom is -0.357 e. The summed E-state index contributed by atoms with van der Waals surface area (Å²) in [7, 11) is 1.58. The molecule has 0 saturated heterocycles. The lowest BCUT2D eigenvalue weighted by Gasteiger charge is -2.37. The van der Waals surface area contributed by atoms with Crippen molar-refractivity contribution in [3.63, 3.8) is 0 Å². The average molecular weight is 255 g/mol. The predicted molar refractivity (Wildman–Crippen MR) is 70.8 cm³/mol. The molecule has 18 heavy (non-hydrogen) atoms. The molecule has 0 bridgehead atoms. The van der Waals surface area contributed by atoms with E-state index in [-0.39, 0.29) is 17.4 Å². The Morgan fingerprint density at radius 2 is 1.94 bits per heavy atom. The molecule has 0 heterocycles. The number of nitrogens with one attached hydrogen (secondary N) is 2. The molecular formula is C13H25N3O2. The minimum atomic E-state index is -0.453. The first-order valence-corrected chi connectivity index (χ1v) is 6.66. The van der Waals surface area contributed by atoms with Crippen molar-refractivity contribution in [3.05, 3.63) is 0 Å². The summed E-state index contributed by atoms with van der Waals surface area (Å²) in [6.07, 6.45) is 3.85. The van der Waals surface area contributed by atoms with Crippen molar-refractivity contribution in [2.24, 2.45) is 11.7 Å². The van der Waals surface area contributed by atoms with Crippen molar-refractivity contribution >= 4 is 11.8 Å². The molecule has 1 saturated carbocycles. The SMILES string of the molecule is CNC(=O)C(CC(C)C)NC(=O)CC1(N)CCC1. The standard InChI is InChI=1S/C13H25N3O2/c1-9(2)7-10(12(18)15-3)16-11(17)8-13(14)5-4-6-13/h9-10H,4-8,14H2,1-3H3,(H,15,18)(H,16,17). The van der Waals surface area contributed by atoms with Gasteiger partial charge in [-0.1, -0.05) is 13.8 Å². The van der Waals surface area contributed by atoms with Gasteiger partial charge in [-0.2, -0.15) is 0 Å². The third kappa shape index (κ3) is 4.29. The van der Waals surface area contributed by atoms with E-state index in [4.69, 9.17) is 5.73 Å². The van der Waals surface area contributed by atoms with E-state index in [1.165, 1.54) is 0 Å². The summed E-state index contributed by atoms with van der Waals surface area (Å²) in [4.78, 5) is 23.6. The lowest BCUT2D eigenvalue weighted by molar-refractivity contribution is -0.130. The summed E-state index contributed by atoms with van der Waals surface area (Å²) < 4.78 is 0. The fourth-order valence-electron chi connectivity index (χ4n) is 2.25. The summed E-state index contributed by atoms with van der Waals surface area (Å²) in [6.45, 7) is 4.05. The van der Waals surface area contributed by atoms with E-state index in [0.717, 1.165) is 19.3 Å². The predicted octanol–water partition coefficient (Wildman–Crippen LogP) is 0.535. The number of carbonyl (C=O) groups excluding carboxylic acids is 2. The van der Waals surface area contributed by atoms with Gasteiger partial charge in [0, 0.05) is 19.0 Å².